The summed E-state index contributed by atoms with van der Waals surface area (Å²) in [6.07, 6.45) is 1.65. The molecule has 0 saturated carbocycles. The number of aromatic nitrogens is 3. The van der Waals surface area contributed by atoms with Crippen molar-refractivity contribution >= 4 is 41.0 Å². The zero-order valence-corrected chi connectivity index (χ0v) is 17.1. The smallest absolute Gasteiger partial charge is 0.259 e. The Bertz CT molecular complexity index is 1200. The van der Waals surface area contributed by atoms with E-state index in [0.29, 0.717) is 28.4 Å². The summed E-state index contributed by atoms with van der Waals surface area (Å²) in [5.74, 6) is 0.281. The van der Waals surface area contributed by atoms with Gasteiger partial charge in [0.05, 0.1) is 6.61 Å². The summed E-state index contributed by atoms with van der Waals surface area (Å²) in [7, 11) is 1.67. The molecular weight excluding hydrogens is 411 g/mol. The standard InChI is InChI=1S/C21H17ClN4O2.ClH/c1-26-19-15(11-17(20(26)27)16-9-5-6-10-18(16)22)12-23-21(24-19)25-28-13-14-7-3-2-4-8-14;/h2-12H,13H2,1H3,(H,23,24,25);1H. The molecule has 2 heterocycles. The summed E-state index contributed by atoms with van der Waals surface area (Å²) in [6, 6.07) is 18.8. The largest absolute Gasteiger partial charge is 0.295 e. The van der Waals surface area contributed by atoms with Crippen LogP contribution in [-0.2, 0) is 18.5 Å². The first-order valence-corrected chi connectivity index (χ1v) is 9.04. The second-order valence-corrected chi connectivity index (χ2v) is 6.66. The molecule has 29 heavy (non-hydrogen) atoms. The molecule has 0 aliphatic heterocycles. The zero-order chi connectivity index (χ0) is 19.5. The van der Waals surface area contributed by atoms with Crippen molar-refractivity contribution in [1.29, 1.82) is 0 Å². The molecule has 6 nitrogen and oxygen atoms in total. The van der Waals surface area contributed by atoms with Crippen LogP contribution >= 0.6 is 24.0 Å². The molecule has 0 aliphatic carbocycles. The first-order chi connectivity index (χ1) is 13.6. The Balaban J connectivity index is 0.00000240. The Kier molecular flexibility index (Phi) is 6.49. The number of pyridine rings is 1. The first-order valence-electron chi connectivity index (χ1n) is 8.67. The molecule has 0 radical (unpaired) electrons. The average molecular weight is 429 g/mol. The summed E-state index contributed by atoms with van der Waals surface area (Å²) in [4.78, 5) is 27.0. The second-order valence-electron chi connectivity index (χ2n) is 6.25. The van der Waals surface area contributed by atoms with Crippen LogP contribution in [0.15, 0.2) is 71.7 Å². The maximum absolute atomic E-state index is 12.8. The fraction of sp³-hybridized carbons (Fsp3) is 0.0952. The van der Waals surface area contributed by atoms with E-state index >= 15 is 0 Å². The maximum Gasteiger partial charge on any atom is 0.259 e. The lowest BCUT2D eigenvalue weighted by atomic mass is 10.1. The van der Waals surface area contributed by atoms with E-state index < -0.39 is 0 Å². The number of halogens is 2. The Hall–Kier alpha value is -2.93. The predicted octanol–water partition coefficient (Wildman–Crippen LogP) is 4.61. The molecule has 2 aromatic carbocycles. The number of nitrogens with one attached hydrogen (secondary N) is 1. The third-order valence-electron chi connectivity index (χ3n) is 4.36. The van der Waals surface area contributed by atoms with Crippen LogP contribution in [0, 0.1) is 0 Å². The van der Waals surface area contributed by atoms with Gasteiger partial charge >= 0.3 is 0 Å². The lowest BCUT2D eigenvalue weighted by molar-refractivity contribution is 0.177. The number of fused-ring (bicyclic) bond motifs is 1. The summed E-state index contributed by atoms with van der Waals surface area (Å²) in [6.45, 7) is 0.368. The summed E-state index contributed by atoms with van der Waals surface area (Å²) >= 11 is 6.26. The molecule has 0 fully saturated rings. The van der Waals surface area contributed by atoms with Crippen LogP contribution in [-0.4, -0.2) is 14.5 Å². The van der Waals surface area contributed by atoms with Gasteiger partial charge in [-0.05, 0) is 17.7 Å². The Labute approximate surface area is 178 Å². The molecule has 0 spiro atoms. The third-order valence-corrected chi connectivity index (χ3v) is 4.69. The van der Waals surface area contributed by atoms with E-state index in [9.17, 15) is 4.79 Å². The van der Waals surface area contributed by atoms with Crippen molar-refractivity contribution in [3.05, 3.63) is 87.8 Å². The van der Waals surface area contributed by atoms with Crippen LogP contribution in [0.3, 0.4) is 0 Å². The van der Waals surface area contributed by atoms with Crippen LogP contribution in [0.2, 0.25) is 5.02 Å². The fourth-order valence-corrected chi connectivity index (χ4v) is 3.16. The van der Waals surface area contributed by atoms with E-state index in [1.807, 2.05) is 48.5 Å². The molecule has 4 rings (SSSR count). The average Bonchev–Trinajstić information content (AvgIpc) is 2.72. The minimum absolute atomic E-state index is 0. The number of benzene rings is 2. The topological polar surface area (TPSA) is 69.0 Å². The fourth-order valence-electron chi connectivity index (χ4n) is 2.93. The molecule has 0 amide bonds. The highest BCUT2D eigenvalue weighted by Crippen LogP contribution is 2.26. The number of rotatable bonds is 5. The maximum atomic E-state index is 12.8. The lowest BCUT2D eigenvalue weighted by Gasteiger charge is -2.11. The molecular formula is C21H18Cl2N4O2. The molecule has 1 N–H and O–H groups in total. The van der Waals surface area contributed by atoms with Gasteiger partial charge in [0.15, 0.2) is 0 Å². The molecule has 0 unspecified atom stereocenters. The normalized spacial score (nSPS) is 10.6. The van der Waals surface area contributed by atoms with E-state index in [4.69, 9.17) is 16.4 Å². The minimum atomic E-state index is -0.185. The van der Waals surface area contributed by atoms with Gasteiger partial charge in [0.1, 0.15) is 5.65 Å². The number of hydrogen-bond donors (Lipinski definition) is 1. The summed E-state index contributed by atoms with van der Waals surface area (Å²) < 4.78 is 1.48. The molecule has 0 bridgehead atoms. The lowest BCUT2D eigenvalue weighted by Crippen LogP contribution is -2.20. The van der Waals surface area contributed by atoms with Crippen molar-refractivity contribution in [2.75, 3.05) is 5.48 Å². The van der Waals surface area contributed by atoms with Crippen molar-refractivity contribution in [2.45, 2.75) is 6.61 Å². The Morgan fingerprint density at radius 2 is 1.79 bits per heavy atom. The van der Waals surface area contributed by atoms with Crippen LogP contribution in [0.1, 0.15) is 5.56 Å². The van der Waals surface area contributed by atoms with Crippen molar-refractivity contribution in [1.82, 2.24) is 14.5 Å². The molecule has 8 heteroatoms. The predicted molar refractivity (Wildman–Crippen MR) is 117 cm³/mol. The molecule has 0 saturated heterocycles. The monoisotopic (exact) mass is 428 g/mol. The first kappa shape index (κ1) is 20.8. The van der Waals surface area contributed by atoms with Gasteiger partial charge < -0.3 is 0 Å². The minimum Gasteiger partial charge on any atom is -0.295 e. The van der Waals surface area contributed by atoms with Crippen molar-refractivity contribution in [2.24, 2.45) is 7.05 Å². The highest BCUT2D eigenvalue weighted by Gasteiger charge is 2.13. The highest BCUT2D eigenvalue weighted by molar-refractivity contribution is 6.33. The van der Waals surface area contributed by atoms with Gasteiger partial charge in [-0.25, -0.2) is 10.5 Å². The Morgan fingerprint density at radius 3 is 2.55 bits per heavy atom. The highest BCUT2D eigenvalue weighted by atomic mass is 35.5. The number of hydrogen-bond acceptors (Lipinski definition) is 5. The van der Waals surface area contributed by atoms with E-state index in [-0.39, 0.29) is 23.9 Å². The number of anilines is 1. The molecule has 148 valence electrons. The third kappa shape index (κ3) is 4.40. The molecule has 0 atom stereocenters. The molecule has 2 aromatic heterocycles. The van der Waals surface area contributed by atoms with Gasteiger partial charge in [-0.15, -0.1) is 12.4 Å². The van der Waals surface area contributed by atoms with Gasteiger partial charge in [0, 0.05) is 34.8 Å². The van der Waals surface area contributed by atoms with Gasteiger partial charge in [0.25, 0.3) is 5.56 Å². The van der Waals surface area contributed by atoms with E-state index in [0.717, 1.165) is 10.9 Å². The van der Waals surface area contributed by atoms with Crippen molar-refractivity contribution in [3.63, 3.8) is 0 Å². The number of nitrogens with zero attached hydrogens (tertiary/aromatic N) is 3. The van der Waals surface area contributed by atoms with Crippen molar-refractivity contribution < 1.29 is 4.84 Å². The van der Waals surface area contributed by atoms with E-state index in [2.05, 4.69) is 15.4 Å². The zero-order valence-electron chi connectivity index (χ0n) is 15.5. The summed E-state index contributed by atoms with van der Waals surface area (Å²) in [5, 5.41) is 1.25. The number of aryl methyl sites for hydroxylation is 1. The summed E-state index contributed by atoms with van der Waals surface area (Å²) in [5.41, 5.74) is 5.25. The molecule has 4 aromatic rings. The van der Waals surface area contributed by atoms with Crippen LogP contribution < -0.4 is 11.0 Å². The van der Waals surface area contributed by atoms with Crippen LogP contribution in [0.5, 0.6) is 0 Å². The van der Waals surface area contributed by atoms with E-state index in [1.165, 1.54) is 4.57 Å². The van der Waals surface area contributed by atoms with Gasteiger partial charge in [-0.3, -0.25) is 14.2 Å². The molecule has 0 aliphatic rings. The van der Waals surface area contributed by atoms with E-state index in [1.54, 1.807) is 25.4 Å². The quantitative estimate of drug-likeness (QED) is 0.469. The van der Waals surface area contributed by atoms with Crippen LogP contribution in [0.4, 0.5) is 5.95 Å². The second kappa shape index (κ2) is 9.05. The van der Waals surface area contributed by atoms with Crippen molar-refractivity contribution in [3.8, 4) is 11.1 Å². The van der Waals surface area contributed by atoms with Gasteiger partial charge in [-0.2, -0.15) is 4.98 Å². The van der Waals surface area contributed by atoms with Gasteiger partial charge in [0.2, 0.25) is 5.95 Å². The van der Waals surface area contributed by atoms with Gasteiger partial charge in [-0.1, -0.05) is 60.1 Å². The Morgan fingerprint density at radius 1 is 1.07 bits per heavy atom. The SMILES string of the molecule is Cl.Cn1c(=O)c(-c2ccccc2Cl)cc2cnc(NOCc3ccccc3)nc21. The van der Waals surface area contributed by atoms with Crippen LogP contribution in [0.25, 0.3) is 22.2 Å².